The van der Waals surface area contributed by atoms with Crippen LogP contribution in [0.15, 0.2) is 5.38 Å². The second kappa shape index (κ2) is 12.0. The smallest absolute Gasteiger partial charge is 0.270 e. The molecule has 5 nitrogen and oxygen atoms in total. The molecule has 0 radical (unpaired) electrons. The molecule has 0 spiro atoms. The Balaban J connectivity index is 0.00000242. The Labute approximate surface area is 155 Å². The Morgan fingerprint density at radius 1 is 1.43 bits per heavy atom. The first kappa shape index (κ1) is 22.6. The molecule has 2 heterocycles. The van der Waals surface area contributed by atoms with Crippen molar-refractivity contribution >= 4 is 42.1 Å². The van der Waals surface area contributed by atoms with Crippen molar-refractivity contribution in [1.29, 1.82) is 0 Å². The van der Waals surface area contributed by atoms with Crippen LogP contribution in [0.3, 0.4) is 0 Å². The number of likely N-dealkylation sites (tertiary alicyclic amines) is 1. The Morgan fingerprint density at radius 2 is 2.13 bits per heavy atom. The topological polar surface area (TPSA) is 71.2 Å². The number of nitrogens with zero attached hydrogens (tertiary/aromatic N) is 2. The summed E-state index contributed by atoms with van der Waals surface area (Å²) in [5.41, 5.74) is 6.03. The summed E-state index contributed by atoms with van der Waals surface area (Å²) in [6.45, 7) is 7.08. The van der Waals surface area contributed by atoms with Crippen molar-refractivity contribution in [2.75, 3.05) is 32.7 Å². The lowest BCUT2D eigenvalue weighted by Gasteiger charge is -2.31. The van der Waals surface area contributed by atoms with Gasteiger partial charge in [-0.1, -0.05) is 6.92 Å². The second-order valence-corrected chi connectivity index (χ2v) is 6.60. The van der Waals surface area contributed by atoms with Crippen LogP contribution in [0.1, 0.15) is 41.7 Å². The fourth-order valence-electron chi connectivity index (χ4n) is 2.71. The SMILES string of the molecule is CCCN1CCC(CNC(=O)c2csc(CCN)n2)CC1.Cl.Cl. The molecular formula is C15H28Cl2N4OS. The molecule has 0 unspecified atom stereocenters. The molecule has 0 aromatic carbocycles. The van der Waals surface area contributed by atoms with E-state index < -0.39 is 0 Å². The molecule has 1 fully saturated rings. The van der Waals surface area contributed by atoms with Gasteiger partial charge in [-0.3, -0.25) is 4.79 Å². The van der Waals surface area contributed by atoms with E-state index in [1.807, 2.05) is 5.38 Å². The summed E-state index contributed by atoms with van der Waals surface area (Å²) in [7, 11) is 0. The van der Waals surface area contributed by atoms with Crippen LogP contribution in [-0.4, -0.2) is 48.5 Å². The third-order valence-corrected chi connectivity index (χ3v) is 4.85. The Morgan fingerprint density at radius 3 is 2.74 bits per heavy atom. The average Bonchev–Trinajstić information content (AvgIpc) is 2.96. The summed E-state index contributed by atoms with van der Waals surface area (Å²) < 4.78 is 0. The lowest BCUT2D eigenvalue weighted by Crippen LogP contribution is -2.39. The highest BCUT2D eigenvalue weighted by Gasteiger charge is 2.19. The van der Waals surface area contributed by atoms with E-state index >= 15 is 0 Å². The molecule has 0 atom stereocenters. The minimum atomic E-state index is -0.0505. The summed E-state index contributed by atoms with van der Waals surface area (Å²) in [5.74, 6) is 0.551. The largest absolute Gasteiger partial charge is 0.350 e. The van der Waals surface area contributed by atoms with E-state index in [1.165, 1.54) is 37.1 Å². The van der Waals surface area contributed by atoms with Gasteiger partial charge in [0.15, 0.2) is 0 Å². The van der Waals surface area contributed by atoms with Crippen LogP contribution in [0.2, 0.25) is 0 Å². The van der Waals surface area contributed by atoms with Crippen LogP contribution in [0.4, 0.5) is 0 Å². The Bertz CT molecular complexity index is 450. The summed E-state index contributed by atoms with van der Waals surface area (Å²) in [4.78, 5) is 18.9. The second-order valence-electron chi connectivity index (χ2n) is 5.66. The zero-order valence-corrected chi connectivity index (χ0v) is 16.1. The highest BCUT2D eigenvalue weighted by Crippen LogP contribution is 2.17. The summed E-state index contributed by atoms with van der Waals surface area (Å²) in [6, 6.07) is 0. The van der Waals surface area contributed by atoms with Gasteiger partial charge in [0.05, 0.1) is 5.01 Å². The van der Waals surface area contributed by atoms with Crippen LogP contribution in [0.25, 0.3) is 0 Å². The van der Waals surface area contributed by atoms with Crippen molar-refractivity contribution in [3.63, 3.8) is 0 Å². The van der Waals surface area contributed by atoms with Gasteiger partial charge >= 0.3 is 0 Å². The van der Waals surface area contributed by atoms with E-state index in [-0.39, 0.29) is 30.7 Å². The third-order valence-electron chi connectivity index (χ3n) is 3.94. The molecule has 2 rings (SSSR count). The zero-order chi connectivity index (χ0) is 15.1. The molecular weight excluding hydrogens is 355 g/mol. The number of nitrogens with two attached hydrogens (primary N) is 1. The molecule has 23 heavy (non-hydrogen) atoms. The van der Waals surface area contributed by atoms with E-state index in [2.05, 4.69) is 22.1 Å². The highest BCUT2D eigenvalue weighted by atomic mass is 35.5. The normalized spacial score (nSPS) is 15.6. The summed E-state index contributed by atoms with van der Waals surface area (Å²) in [5, 5.41) is 5.79. The van der Waals surface area contributed by atoms with Crippen LogP contribution < -0.4 is 11.1 Å². The molecule has 8 heteroatoms. The standard InChI is InChI=1S/C15H26N4OS.2ClH/c1-2-7-19-8-4-12(5-9-19)10-17-15(20)13-11-21-14(18-13)3-6-16;;/h11-12H,2-10,16H2,1H3,(H,17,20);2*1H. The average molecular weight is 383 g/mol. The molecule has 0 saturated carbocycles. The predicted octanol–water partition coefficient (Wildman–Crippen LogP) is 2.34. The molecule has 3 N–H and O–H groups in total. The minimum absolute atomic E-state index is 0. The first-order valence-corrected chi connectivity index (χ1v) is 8.76. The third kappa shape index (κ3) is 7.35. The molecule has 1 aromatic heterocycles. The van der Waals surface area contributed by atoms with Crippen LogP contribution in [-0.2, 0) is 6.42 Å². The predicted molar refractivity (Wildman–Crippen MR) is 101 cm³/mol. The number of hydrogen-bond donors (Lipinski definition) is 2. The first-order valence-electron chi connectivity index (χ1n) is 7.88. The number of carbonyl (C=O) groups excluding carboxylic acids is 1. The zero-order valence-electron chi connectivity index (χ0n) is 13.6. The van der Waals surface area contributed by atoms with E-state index in [4.69, 9.17) is 5.73 Å². The van der Waals surface area contributed by atoms with E-state index in [0.29, 0.717) is 18.2 Å². The number of rotatable bonds is 7. The molecule has 1 aromatic rings. The Hall–Kier alpha value is -0.400. The van der Waals surface area contributed by atoms with Gasteiger partial charge in [-0.25, -0.2) is 4.98 Å². The van der Waals surface area contributed by atoms with Crippen LogP contribution in [0.5, 0.6) is 0 Å². The number of amides is 1. The van der Waals surface area contributed by atoms with Crippen molar-refractivity contribution in [2.24, 2.45) is 11.7 Å². The molecule has 1 aliphatic rings. The molecule has 0 aliphatic carbocycles. The van der Waals surface area contributed by atoms with Gasteiger partial charge in [-0.05, 0) is 51.4 Å². The van der Waals surface area contributed by atoms with Crippen molar-refractivity contribution < 1.29 is 4.79 Å². The van der Waals surface area contributed by atoms with E-state index in [1.54, 1.807) is 0 Å². The van der Waals surface area contributed by atoms with Gasteiger partial charge in [-0.15, -0.1) is 36.2 Å². The minimum Gasteiger partial charge on any atom is -0.350 e. The molecule has 0 bridgehead atoms. The maximum atomic E-state index is 12.1. The van der Waals surface area contributed by atoms with Gasteiger partial charge in [0.2, 0.25) is 0 Å². The number of carbonyl (C=O) groups is 1. The number of hydrogen-bond acceptors (Lipinski definition) is 5. The molecule has 1 amide bonds. The molecule has 134 valence electrons. The number of piperidine rings is 1. The van der Waals surface area contributed by atoms with Gasteiger partial charge in [0.1, 0.15) is 5.69 Å². The highest BCUT2D eigenvalue weighted by molar-refractivity contribution is 7.09. The van der Waals surface area contributed by atoms with E-state index in [0.717, 1.165) is 31.1 Å². The number of aromatic nitrogens is 1. The maximum absolute atomic E-state index is 12.1. The molecule has 1 aliphatic heterocycles. The first-order chi connectivity index (χ1) is 10.2. The van der Waals surface area contributed by atoms with E-state index in [9.17, 15) is 4.79 Å². The quantitative estimate of drug-likeness (QED) is 0.758. The monoisotopic (exact) mass is 382 g/mol. The van der Waals surface area contributed by atoms with Gasteiger partial charge in [-0.2, -0.15) is 0 Å². The van der Waals surface area contributed by atoms with Gasteiger partial charge < -0.3 is 16.0 Å². The lowest BCUT2D eigenvalue weighted by atomic mass is 9.96. The molecule has 1 saturated heterocycles. The van der Waals surface area contributed by atoms with Crippen LogP contribution >= 0.6 is 36.2 Å². The number of halogens is 2. The fourth-order valence-corrected chi connectivity index (χ4v) is 3.51. The number of thiazole rings is 1. The van der Waals surface area contributed by atoms with Crippen molar-refractivity contribution in [3.8, 4) is 0 Å². The fraction of sp³-hybridized carbons (Fsp3) is 0.733. The summed E-state index contributed by atoms with van der Waals surface area (Å²) in [6.07, 6.45) is 4.32. The van der Waals surface area contributed by atoms with Crippen LogP contribution in [0, 0.1) is 5.92 Å². The number of nitrogens with one attached hydrogen (secondary N) is 1. The van der Waals surface area contributed by atoms with Crippen molar-refractivity contribution in [1.82, 2.24) is 15.2 Å². The van der Waals surface area contributed by atoms with Gasteiger partial charge in [0, 0.05) is 18.3 Å². The van der Waals surface area contributed by atoms with Crippen molar-refractivity contribution in [3.05, 3.63) is 16.1 Å². The maximum Gasteiger partial charge on any atom is 0.270 e. The van der Waals surface area contributed by atoms with Crippen molar-refractivity contribution in [2.45, 2.75) is 32.6 Å². The lowest BCUT2D eigenvalue weighted by molar-refractivity contribution is 0.0931. The Kier molecular flexibility index (Phi) is 11.8. The summed E-state index contributed by atoms with van der Waals surface area (Å²) >= 11 is 1.51. The van der Waals surface area contributed by atoms with Gasteiger partial charge in [0.25, 0.3) is 5.91 Å².